The molecule has 0 bridgehead atoms. The van der Waals surface area contributed by atoms with Crippen LogP contribution in [0.4, 0.5) is 13.2 Å². The fraction of sp³-hybridized carbons (Fsp3) is 0.333. The summed E-state index contributed by atoms with van der Waals surface area (Å²) in [6.07, 6.45) is -5.20. The summed E-state index contributed by atoms with van der Waals surface area (Å²) in [5.41, 5.74) is 0.340. The number of phenolic OH excluding ortho intramolecular Hbond substituents is 1. The normalized spacial score (nSPS) is 19.4. The Morgan fingerprint density at radius 3 is 2.58 bits per heavy atom. The van der Waals surface area contributed by atoms with Gasteiger partial charge < -0.3 is 9.84 Å². The molecule has 1 saturated heterocycles. The second-order valence-corrected chi connectivity index (χ2v) is 5.85. The standard InChI is InChI=1S/C18H18F3NO2/c19-18(20,21)16-10-14(23)6-7-15(16)17-12-22(8-9-24-17)11-13-4-2-1-3-5-13/h1-7,10,17,23H,8-9,11-12H2. The van der Waals surface area contributed by atoms with Gasteiger partial charge in [-0.05, 0) is 23.3 Å². The number of halogens is 3. The van der Waals surface area contributed by atoms with E-state index in [1.807, 2.05) is 30.3 Å². The number of morpholine rings is 1. The third kappa shape index (κ3) is 3.88. The van der Waals surface area contributed by atoms with Crippen LogP contribution in [0.1, 0.15) is 22.8 Å². The topological polar surface area (TPSA) is 32.7 Å². The highest BCUT2D eigenvalue weighted by Gasteiger charge is 2.37. The molecule has 0 radical (unpaired) electrons. The zero-order valence-electron chi connectivity index (χ0n) is 13.0. The van der Waals surface area contributed by atoms with Gasteiger partial charge in [0, 0.05) is 19.6 Å². The number of hydrogen-bond acceptors (Lipinski definition) is 3. The van der Waals surface area contributed by atoms with Gasteiger partial charge in [0.05, 0.1) is 18.3 Å². The van der Waals surface area contributed by atoms with E-state index in [2.05, 4.69) is 4.90 Å². The smallest absolute Gasteiger partial charge is 0.416 e. The molecule has 1 atom stereocenters. The van der Waals surface area contributed by atoms with Crippen molar-refractivity contribution in [3.8, 4) is 5.75 Å². The summed E-state index contributed by atoms with van der Waals surface area (Å²) in [7, 11) is 0. The van der Waals surface area contributed by atoms with E-state index in [-0.39, 0.29) is 5.56 Å². The van der Waals surface area contributed by atoms with Crippen LogP contribution in [0.2, 0.25) is 0 Å². The quantitative estimate of drug-likeness (QED) is 0.919. The first kappa shape index (κ1) is 16.8. The summed E-state index contributed by atoms with van der Waals surface area (Å²) < 4.78 is 45.3. The zero-order valence-corrected chi connectivity index (χ0v) is 13.0. The summed E-state index contributed by atoms with van der Waals surface area (Å²) in [6, 6.07) is 13.1. The molecule has 1 unspecified atom stereocenters. The Hall–Kier alpha value is -2.05. The molecule has 0 saturated carbocycles. The van der Waals surface area contributed by atoms with E-state index in [9.17, 15) is 18.3 Å². The lowest BCUT2D eigenvalue weighted by Crippen LogP contribution is -2.38. The van der Waals surface area contributed by atoms with E-state index in [0.717, 1.165) is 11.6 Å². The summed E-state index contributed by atoms with van der Waals surface area (Å²) in [5.74, 6) is -0.400. The molecule has 3 nitrogen and oxygen atoms in total. The van der Waals surface area contributed by atoms with Crippen LogP contribution in [-0.4, -0.2) is 29.7 Å². The molecular formula is C18H18F3NO2. The second-order valence-electron chi connectivity index (χ2n) is 5.85. The third-order valence-electron chi connectivity index (χ3n) is 4.09. The van der Waals surface area contributed by atoms with Crippen LogP contribution < -0.4 is 0 Å². The fourth-order valence-electron chi connectivity index (χ4n) is 2.95. The van der Waals surface area contributed by atoms with Crippen LogP contribution in [0.5, 0.6) is 5.75 Å². The maximum Gasteiger partial charge on any atom is 0.416 e. The molecule has 2 aromatic rings. The second kappa shape index (κ2) is 6.83. The average Bonchev–Trinajstić information content (AvgIpc) is 2.55. The van der Waals surface area contributed by atoms with Gasteiger partial charge in [-0.15, -0.1) is 0 Å². The first-order valence-corrected chi connectivity index (χ1v) is 7.71. The van der Waals surface area contributed by atoms with Crippen LogP contribution >= 0.6 is 0 Å². The number of hydrogen-bond donors (Lipinski definition) is 1. The molecule has 0 aromatic heterocycles. The number of nitrogens with zero attached hydrogens (tertiary/aromatic N) is 1. The van der Waals surface area contributed by atoms with Gasteiger partial charge in [0.15, 0.2) is 0 Å². The van der Waals surface area contributed by atoms with Gasteiger partial charge in [0.2, 0.25) is 0 Å². The van der Waals surface area contributed by atoms with Crippen molar-refractivity contribution in [3.05, 3.63) is 65.2 Å². The first-order valence-electron chi connectivity index (χ1n) is 7.71. The number of alkyl halides is 3. The number of phenols is 1. The largest absolute Gasteiger partial charge is 0.508 e. The summed E-state index contributed by atoms with van der Waals surface area (Å²) in [5, 5.41) is 9.39. The Morgan fingerprint density at radius 1 is 1.12 bits per heavy atom. The lowest BCUT2D eigenvalue weighted by atomic mass is 10.00. The van der Waals surface area contributed by atoms with E-state index in [4.69, 9.17) is 4.74 Å². The molecule has 1 aliphatic rings. The number of aromatic hydroxyl groups is 1. The molecule has 0 spiro atoms. The van der Waals surface area contributed by atoms with Crippen molar-refractivity contribution < 1.29 is 23.0 Å². The molecule has 6 heteroatoms. The maximum absolute atomic E-state index is 13.2. The van der Waals surface area contributed by atoms with Crippen molar-refractivity contribution in [1.82, 2.24) is 4.90 Å². The van der Waals surface area contributed by atoms with Crippen LogP contribution in [0.3, 0.4) is 0 Å². The van der Waals surface area contributed by atoms with Crippen molar-refractivity contribution in [2.24, 2.45) is 0 Å². The third-order valence-corrected chi connectivity index (χ3v) is 4.09. The molecule has 1 aliphatic heterocycles. The molecular weight excluding hydrogens is 319 g/mol. The molecule has 1 N–H and O–H groups in total. The fourth-order valence-corrected chi connectivity index (χ4v) is 2.95. The van der Waals surface area contributed by atoms with Crippen LogP contribution in [0.15, 0.2) is 48.5 Å². The Kier molecular flexibility index (Phi) is 4.78. The summed E-state index contributed by atoms with van der Waals surface area (Å²) in [4.78, 5) is 2.08. The first-order chi connectivity index (χ1) is 11.4. The molecule has 24 heavy (non-hydrogen) atoms. The highest BCUT2D eigenvalue weighted by Crippen LogP contribution is 2.38. The van der Waals surface area contributed by atoms with Crippen molar-refractivity contribution in [3.63, 3.8) is 0 Å². The Bertz CT molecular complexity index is 688. The molecule has 0 amide bonds. The number of benzene rings is 2. The van der Waals surface area contributed by atoms with E-state index in [1.165, 1.54) is 12.1 Å². The molecule has 128 valence electrons. The highest BCUT2D eigenvalue weighted by molar-refractivity contribution is 5.38. The maximum atomic E-state index is 13.2. The minimum atomic E-state index is -4.53. The van der Waals surface area contributed by atoms with Crippen LogP contribution in [0, 0.1) is 0 Å². The molecule has 1 heterocycles. The molecule has 1 fully saturated rings. The van der Waals surface area contributed by atoms with Crippen LogP contribution in [-0.2, 0) is 17.5 Å². The Balaban J connectivity index is 1.80. The average molecular weight is 337 g/mol. The molecule has 2 aromatic carbocycles. The summed E-state index contributed by atoms with van der Waals surface area (Å²) in [6.45, 7) is 2.09. The predicted octanol–water partition coefficient (Wildman–Crippen LogP) is 3.98. The van der Waals surface area contributed by atoms with Crippen molar-refractivity contribution in [2.75, 3.05) is 19.7 Å². The van der Waals surface area contributed by atoms with Gasteiger partial charge in [0.25, 0.3) is 0 Å². The van der Waals surface area contributed by atoms with Gasteiger partial charge in [-0.25, -0.2) is 0 Å². The predicted molar refractivity (Wildman–Crippen MR) is 83.5 cm³/mol. The van der Waals surface area contributed by atoms with Gasteiger partial charge in [-0.1, -0.05) is 36.4 Å². The van der Waals surface area contributed by atoms with Crippen molar-refractivity contribution in [2.45, 2.75) is 18.8 Å². The van der Waals surface area contributed by atoms with E-state index < -0.39 is 23.6 Å². The highest BCUT2D eigenvalue weighted by atomic mass is 19.4. The van der Waals surface area contributed by atoms with Crippen molar-refractivity contribution in [1.29, 1.82) is 0 Å². The summed E-state index contributed by atoms with van der Waals surface area (Å²) >= 11 is 0. The van der Waals surface area contributed by atoms with E-state index in [0.29, 0.717) is 26.2 Å². The van der Waals surface area contributed by atoms with Crippen LogP contribution in [0.25, 0.3) is 0 Å². The van der Waals surface area contributed by atoms with E-state index in [1.54, 1.807) is 0 Å². The minimum absolute atomic E-state index is 0.0676. The van der Waals surface area contributed by atoms with E-state index >= 15 is 0 Å². The SMILES string of the molecule is Oc1ccc(C2CN(Cc3ccccc3)CCO2)c(C(F)(F)F)c1. The van der Waals surface area contributed by atoms with Gasteiger partial charge in [0.1, 0.15) is 5.75 Å². The number of rotatable bonds is 3. The van der Waals surface area contributed by atoms with Gasteiger partial charge in [-0.2, -0.15) is 13.2 Å². The lowest BCUT2D eigenvalue weighted by Gasteiger charge is -2.34. The lowest BCUT2D eigenvalue weighted by molar-refractivity contribution is -0.140. The molecule has 3 rings (SSSR count). The Morgan fingerprint density at radius 2 is 1.88 bits per heavy atom. The number of ether oxygens (including phenoxy) is 1. The molecule has 0 aliphatic carbocycles. The monoisotopic (exact) mass is 337 g/mol. The van der Waals surface area contributed by atoms with Gasteiger partial charge in [-0.3, -0.25) is 4.90 Å². The van der Waals surface area contributed by atoms with Crippen molar-refractivity contribution >= 4 is 0 Å². The Labute approximate surface area is 138 Å². The zero-order chi connectivity index (χ0) is 17.2. The minimum Gasteiger partial charge on any atom is -0.508 e. The van der Waals surface area contributed by atoms with Gasteiger partial charge >= 0.3 is 6.18 Å².